The second-order valence-electron chi connectivity index (χ2n) is 5.93. The Hall–Kier alpha value is -2.90. The predicted molar refractivity (Wildman–Crippen MR) is 83.2 cm³/mol. The maximum atomic E-state index is 12.6. The Morgan fingerprint density at radius 2 is 2.33 bits per heavy atom. The monoisotopic (exact) mass is 327 g/mol. The highest BCUT2D eigenvalue weighted by Crippen LogP contribution is 2.28. The minimum atomic E-state index is -0.0671. The van der Waals surface area contributed by atoms with Gasteiger partial charge in [-0.25, -0.2) is 0 Å². The lowest BCUT2D eigenvalue weighted by Gasteiger charge is -2.30. The zero-order valence-electron chi connectivity index (χ0n) is 13.2. The van der Waals surface area contributed by atoms with Crippen molar-refractivity contribution >= 4 is 5.91 Å². The Morgan fingerprint density at radius 1 is 1.42 bits per heavy atom. The lowest BCUT2D eigenvalue weighted by Crippen LogP contribution is -2.39. The summed E-state index contributed by atoms with van der Waals surface area (Å²) in [6.07, 6.45) is 5.09. The molecule has 1 N–H and O–H groups in total. The molecule has 24 heavy (non-hydrogen) atoms. The summed E-state index contributed by atoms with van der Waals surface area (Å²) in [5.74, 6) is 1.61. The van der Waals surface area contributed by atoms with Crippen LogP contribution in [0.3, 0.4) is 0 Å². The summed E-state index contributed by atoms with van der Waals surface area (Å²) >= 11 is 0. The molecule has 1 amide bonds. The molecule has 4 heterocycles. The second-order valence-corrected chi connectivity index (χ2v) is 5.93. The molecule has 1 atom stereocenters. The van der Waals surface area contributed by atoms with Gasteiger partial charge in [0, 0.05) is 19.3 Å². The number of amides is 1. The van der Waals surface area contributed by atoms with E-state index in [0.717, 1.165) is 18.5 Å². The smallest absolute Gasteiger partial charge is 0.259 e. The average Bonchev–Trinajstić information content (AvgIpc) is 3.35. The Bertz CT molecular complexity index is 836. The third kappa shape index (κ3) is 2.60. The molecule has 1 unspecified atom stereocenters. The Balaban J connectivity index is 1.51. The first kappa shape index (κ1) is 14.7. The topological polar surface area (TPSA) is 101 Å². The summed E-state index contributed by atoms with van der Waals surface area (Å²) < 4.78 is 10.4. The Morgan fingerprint density at radius 3 is 3.08 bits per heavy atom. The van der Waals surface area contributed by atoms with Crippen LogP contribution in [0, 0.1) is 6.92 Å². The van der Waals surface area contributed by atoms with E-state index in [1.165, 1.54) is 6.20 Å². The van der Waals surface area contributed by atoms with Crippen LogP contribution in [0.2, 0.25) is 0 Å². The molecular weight excluding hydrogens is 310 g/mol. The number of hydrogen-bond donors (Lipinski definition) is 1. The number of rotatable bonds is 3. The van der Waals surface area contributed by atoms with Crippen molar-refractivity contribution in [3.05, 3.63) is 41.7 Å². The molecule has 0 bridgehead atoms. The molecule has 0 spiro atoms. The summed E-state index contributed by atoms with van der Waals surface area (Å²) in [6.45, 7) is 3.00. The zero-order valence-corrected chi connectivity index (χ0v) is 13.2. The van der Waals surface area contributed by atoms with Crippen LogP contribution >= 0.6 is 0 Å². The molecule has 0 aromatic carbocycles. The lowest BCUT2D eigenvalue weighted by molar-refractivity contribution is 0.0694. The van der Waals surface area contributed by atoms with Gasteiger partial charge in [0.15, 0.2) is 0 Å². The van der Waals surface area contributed by atoms with E-state index in [4.69, 9.17) is 9.05 Å². The first-order valence-electron chi connectivity index (χ1n) is 7.90. The van der Waals surface area contributed by atoms with E-state index >= 15 is 0 Å². The second kappa shape index (κ2) is 5.95. The van der Waals surface area contributed by atoms with Crippen LogP contribution in [0.25, 0.3) is 11.5 Å². The molecule has 8 heteroatoms. The molecule has 124 valence electrons. The maximum absolute atomic E-state index is 12.6. The maximum Gasteiger partial charge on any atom is 0.259 e. The molecule has 0 saturated carbocycles. The van der Waals surface area contributed by atoms with E-state index in [0.29, 0.717) is 36.1 Å². The van der Waals surface area contributed by atoms with Gasteiger partial charge in [-0.05, 0) is 31.9 Å². The van der Waals surface area contributed by atoms with E-state index in [-0.39, 0.29) is 11.8 Å². The highest BCUT2D eigenvalue weighted by molar-refractivity contribution is 5.94. The standard InChI is InChI=1S/C16H17N5O3/c1-10-12(8-18-23-10)16(22)21-7-3-4-11(9-21)15-19-14(20-24-15)13-5-2-6-17-13/h2,5-6,8,11,17H,3-4,7,9H2,1H3. The number of carbonyl (C=O) groups is 1. The number of nitrogens with one attached hydrogen (secondary N) is 1. The van der Waals surface area contributed by atoms with Gasteiger partial charge in [0.1, 0.15) is 11.3 Å². The minimum Gasteiger partial charge on any atom is -0.361 e. The molecule has 0 radical (unpaired) electrons. The van der Waals surface area contributed by atoms with Gasteiger partial charge < -0.3 is 18.9 Å². The average molecular weight is 327 g/mol. The van der Waals surface area contributed by atoms with Gasteiger partial charge in [-0.1, -0.05) is 10.3 Å². The van der Waals surface area contributed by atoms with Crippen molar-refractivity contribution in [2.45, 2.75) is 25.7 Å². The minimum absolute atomic E-state index is 0.0408. The summed E-state index contributed by atoms with van der Waals surface area (Å²) in [5, 5.41) is 7.70. The fourth-order valence-electron chi connectivity index (χ4n) is 3.02. The van der Waals surface area contributed by atoms with Crippen LogP contribution in [0.5, 0.6) is 0 Å². The molecule has 1 aliphatic heterocycles. The van der Waals surface area contributed by atoms with Crippen molar-refractivity contribution in [3.8, 4) is 11.5 Å². The van der Waals surface area contributed by atoms with Crippen molar-refractivity contribution in [1.82, 2.24) is 25.2 Å². The summed E-state index contributed by atoms with van der Waals surface area (Å²) in [6, 6.07) is 3.77. The number of aryl methyl sites for hydroxylation is 1. The number of H-pyrrole nitrogens is 1. The molecular formula is C16H17N5O3. The van der Waals surface area contributed by atoms with Crippen LogP contribution in [-0.2, 0) is 0 Å². The van der Waals surface area contributed by atoms with Gasteiger partial charge in [0.2, 0.25) is 11.7 Å². The number of carbonyl (C=O) groups excluding carboxylic acids is 1. The van der Waals surface area contributed by atoms with Crippen LogP contribution in [0.1, 0.15) is 40.8 Å². The van der Waals surface area contributed by atoms with Crippen LogP contribution in [-0.4, -0.2) is 44.2 Å². The van der Waals surface area contributed by atoms with Gasteiger partial charge in [-0.3, -0.25) is 4.79 Å². The molecule has 8 nitrogen and oxygen atoms in total. The molecule has 3 aromatic rings. The predicted octanol–water partition coefficient (Wildman–Crippen LogP) is 2.38. The van der Waals surface area contributed by atoms with Gasteiger partial charge in [-0.2, -0.15) is 4.98 Å². The third-order valence-electron chi connectivity index (χ3n) is 4.32. The third-order valence-corrected chi connectivity index (χ3v) is 4.32. The van der Waals surface area contributed by atoms with E-state index < -0.39 is 0 Å². The zero-order chi connectivity index (χ0) is 16.5. The van der Waals surface area contributed by atoms with Crippen molar-refractivity contribution in [1.29, 1.82) is 0 Å². The molecule has 1 aliphatic rings. The SMILES string of the molecule is Cc1oncc1C(=O)N1CCCC(c2nc(-c3ccc[nH]3)no2)C1. The van der Waals surface area contributed by atoms with Gasteiger partial charge in [0.25, 0.3) is 5.91 Å². The normalized spacial score (nSPS) is 18.0. The summed E-state index contributed by atoms with van der Waals surface area (Å²) in [7, 11) is 0. The van der Waals surface area contributed by atoms with E-state index in [1.807, 2.05) is 18.3 Å². The number of hydrogen-bond acceptors (Lipinski definition) is 6. The lowest BCUT2D eigenvalue weighted by atomic mass is 9.97. The van der Waals surface area contributed by atoms with Crippen molar-refractivity contribution < 1.29 is 13.8 Å². The van der Waals surface area contributed by atoms with Crippen molar-refractivity contribution in [3.63, 3.8) is 0 Å². The number of aromatic nitrogens is 4. The molecule has 0 aliphatic carbocycles. The summed E-state index contributed by atoms with van der Waals surface area (Å²) in [5.41, 5.74) is 1.32. The summed E-state index contributed by atoms with van der Waals surface area (Å²) in [4.78, 5) is 21.9. The number of piperidine rings is 1. The molecule has 3 aromatic heterocycles. The first-order valence-corrected chi connectivity index (χ1v) is 7.90. The Kier molecular flexibility index (Phi) is 3.64. The number of likely N-dealkylation sites (tertiary alicyclic amines) is 1. The van der Waals surface area contributed by atoms with E-state index in [2.05, 4.69) is 20.3 Å². The van der Waals surface area contributed by atoms with Gasteiger partial charge >= 0.3 is 0 Å². The highest BCUT2D eigenvalue weighted by atomic mass is 16.5. The van der Waals surface area contributed by atoms with Crippen molar-refractivity contribution in [2.75, 3.05) is 13.1 Å². The largest absolute Gasteiger partial charge is 0.361 e. The van der Waals surface area contributed by atoms with Gasteiger partial charge in [-0.15, -0.1) is 0 Å². The first-order chi connectivity index (χ1) is 11.7. The fraction of sp³-hybridized carbons (Fsp3) is 0.375. The van der Waals surface area contributed by atoms with Gasteiger partial charge in [0.05, 0.1) is 17.8 Å². The fourth-order valence-corrected chi connectivity index (χ4v) is 3.02. The highest BCUT2D eigenvalue weighted by Gasteiger charge is 2.30. The number of aromatic amines is 1. The van der Waals surface area contributed by atoms with E-state index in [9.17, 15) is 4.79 Å². The molecule has 4 rings (SSSR count). The number of nitrogens with zero attached hydrogens (tertiary/aromatic N) is 4. The molecule has 1 fully saturated rings. The molecule has 1 saturated heterocycles. The van der Waals surface area contributed by atoms with Crippen LogP contribution in [0.15, 0.2) is 33.6 Å². The Labute approximate surface area is 137 Å². The van der Waals surface area contributed by atoms with E-state index in [1.54, 1.807) is 11.8 Å². The quantitative estimate of drug-likeness (QED) is 0.792. The van der Waals surface area contributed by atoms with Crippen molar-refractivity contribution in [2.24, 2.45) is 0 Å². The van der Waals surface area contributed by atoms with Crippen LogP contribution in [0.4, 0.5) is 0 Å². The van der Waals surface area contributed by atoms with Crippen LogP contribution < -0.4 is 0 Å².